The van der Waals surface area contributed by atoms with E-state index in [9.17, 15) is 9.18 Å². The van der Waals surface area contributed by atoms with Gasteiger partial charge in [0.1, 0.15) is 0 Å². The van der Waals surface area contributed by atoms with Gasteiger partial charge in [-0.15, -0.1) is 0 Å². The number of nitrogens with zero attached hydrogens (tertiary/aromatic N) is 2. The minimum Gasteiger partial charge on any atom is -0.381 e. The molecule has 2 rings (SSSR count). The number of rotatable bonds is 2. The maximum absolute atomic E-state index is 13.6. The highest BCUT2D eigenvalue weighted by Crippen LogP contribution is 2.16. The van der Waals surface area contributed by atoms with Gasteiger partial charge in [-0.1, -0.05) is 0 Å². The maximum Gasteiger partial charge on any atom is 0.267 e. The summed E-state index contributed by atoms with van der Waals surface area (Å²) in [6, 6.07) is 1.53. The van der Waals surface area contributed by atoms with Crippen LogP contribution in [0.15, 0.2) is 23.3 Å². The first-order valence-electron chi connectivity index (χ1n) is 5.01. The van der Waals surface area contributed by atoms with Crippen LogP contribution < -0.4 is 11.3 Å². The second-order valence-electron chi connectivity index (χ2n) is 3.70. The monoisotopic (exact) mass is 234 g/mol. The van der Waals surface area contributed by atoms with Crippen molar-refractivity contribution in [2.75, 3.05) is 5.73 Å². The van der Waals surface area contributed by atoms with E-state index in [4.69, 9.17) is 5.73 Å². The second kappa shape index (κ2) is 4.32. The van der Waals surface area contributed by atoms with E-state index >= 15 is 0 Å². The molecule has 0 aliphatic heterocycles. The number of pyridine rings is 1. The van der Waals surface area contributed by atoms with Crippen LogP contribution in [0.2, 0.25) is 0 Å². The lowest BCUT2D eigenvalue weighted by molar-refractivity contribution is 0.613. The van der Waals surface area contributed by atoms with Crippen molar-refractivity contribution in [3.8, 4) is 0 Å². The van der Waals surface area contributed by atoms with Crippen LogP contribution in [-0.4, -0.2) is 15.2 Å². The van der Waals surface area contributed by atoms with E-state index in [1.165, 1.54) is 18.5 Å². The minimum absolute atomic E-state index is 0.141. The van der Waals surface area contributed by atoms with E-state index in [0.29, 0.717) is 16.7 Å². The number of hydrogen-bond donors (Lipinski definition) is 2. The largest absolute Gasteiger partial charge is 0.381 e. The average Bonchev–Trinajstić information content (AvgIpc) is 2.31. The molecule has 0 bridgehead atoms. The Bertz CT molecular complexity index is 609. The minimum atomic E-state index is -0.549. The molecule has 6 heteroatoms. The number of H-pyrrole nitrogens is 1. The molecule has 0 saturated heterocycles. The number of nitrogen functional groups attached to an aromatic ring is 1. The smallest absolute Gasteiger partial charge is 0.267 e. The van der Waals surface area contributed by atoms with E-state index < -0.39 is 5.82 Å². The molecule has 88 valence electrons. The Kier molecular flexibility index (Phi) is 2.86. The van der Waals surface area contributed by atoms with Crippen molar-refractivity contribution >= 4 is 5.82 Å². The van der Waals surface area contributed by atoms with Crippen molar-refractivity contribution in [2.24, 2.45) is 0 Å². The van der Waals surface area contributed by atoms with Crippen molar-refractivity contribution < 1.29 is 4.39 Å². The summed E-state index contributed by atoms with van der Waals surface area (Å²) >= 11 is 0. The van der Waals surface area contributed by atoms with E-state index in [2.05, 4.69) is 15.2 Å². The average molecular weight is 234 g/mol. The van der Waals surface area contributed by atoms with Gasteiger partial charge >= 0.3 is 0 Å². The van der Waals surface area contributed by atoms with Crippen LogP contribution in [0.3, 0.4) is 0 Å². The molecule has 0 aliphatic rings. The lowest BCUT2D eigenvalue weighted by atomic mass is 10.0. The first kappa shape index (κ1) is 11.3. The van der Waals surface area contributed by atoms with Crippen molar-refractivity contribution in [1.82, 2.24) is 15.2 Å². The van der Waals surface area contributed by atoms with Gasteiger partial charge in [0.25, 0.3) is 5.56 Å². The van der Waals surface area contributed by atoms with Gasteiger partial charge in [0, 0.05) is 18.2 Å². The third-order valence-electron chi connectivity index (χ3n) is 2.59. The zero-order valence-electron chi connectivity index (χ0n) is 9.20. The Morgan fingerprint density at radius 3 is 3.00 bits per heavy atom. The normalized spacial score (nSPS) is 10.5. The lowest BCUT2D eigenvalue weighted by Gasteiger charge is -2.06. The molecule has 0 unspecified atom stereocenters. The molecule has 0 saturated carbocycles. The Balaban J connectivity index is 2.42. The molecule has 0 spiro atoms. The molecule has 17 heavy (non-hydrogen) atoms. The first-order valence-corrected chi connectivity index (χ1v) is 5.01. The molecule has 0 aromatic carbocycles. The predicted molar refractivity (Wildman–Crippen MR) is 61.0 cm³/mol. The molecule has 3 N–H and O–H groups in total. The van der Waals surface area contributed by atoms with Crippen LogP contribution >= 0.6 is 0 Å². The van der Waals surface area contributed by atoms with Crippen molar-refractivity contribution in [1.29, 1.82) is 0 Å². The molecular weight excluding hydrogens is 223 g/mol. The summed E-state index contributed by atoms with van der Waals surface area (Å²) in [5, 5.41) is 6.00. The maximum atomic E-state index is 13.6. The van der Waals surface area contributed by atoms with E-state index in [1.807, 2.05) is 0 Å². The SMILES string of the molecule is Cc1c(Cc2ccnc(N)c2F)cn[nH]c1=O. The number of hydrogen-bond acceptors (Lipinski definition) is 4. The topological polar surface area (TPSA) is 84.7 Å². The van der Waals surface area contributed by atoms with Crippen molar-refractivity contribution in [2.45, 2.75) is 13.3 Å². The molecule has 0 amide bonds. The third-order valence-corrected chi connectivity index (χ3v) is 2.59. The Morgan fingerprint density at radius 1 is 1.47 bits per heavy atom. The van der Waals surface area contributed by atoms with Gasteiger partial charge in [0.15, 0.2) is 11.6 Å². The summed E-state index contributed by atoms with van der Waals surface area (Å²) in [5.74, 6) is -0.690. The molecule has 2 heterocycles. The van der Waals surface area contributed by atoms with Crippen LogP contribution in [0.1, 0.15) is 16.7 Å². The van der Waals surface area contributed by atoms with Crippen LogP contribution in [0.5, 0.6) is 0 Å². The second-order valence-corrected chi connectivity index (χ2v) is 3.70. The Hall–Kier alpha value is -2.24. The highest BCUT2D eigenvalue weighted by molar-refractivity contribution is 5.37. The summed E-state index contributed by atoms with van der Waals surface area (Å²) in [6.45, 7) is 1.66. The fraction of sp³-hybridized carbons (Fsp3) is 0.182. The van der Waals surface area contributed by atoms with Crippen LogP contribution in [0, 0.1) is 12.7 Å². The first-order chi connectivity index (χ1) is 8.09. The van der Waals surface area contributed by atoms with Crippen molar-refractivity contribution in [3.63, 3.8) is 0 Å². The fourth-order valence-electron chi connectivity index (χ4n) is 1.52. The molecule has 0 radical (unpaired) electrons. The molecule has 0 fully saturated rings. The highest BCUT2D eigenvalue weighted by atomic mass is 19.1. The van der Waals surface area contributed by atoms with Gasteiger partial charge in [0.05, 0.1) is 6.20 Å². The molecule has 2 aromatic rings. The van der Waals surface area contributed by atoms with E-state index in [-0.39, 0.29) is 17.8 Å². The van der Waals surface area contributed by atoms with Crippen LogP contribution in [0.25, 0.3) is 0 Å². The number of nitrogens with two attached hydrogens (primary N) is 1. The number of aromatic amines is 1. The summed E-state index contributed by atoms with van der Waals surface area (Å²) < 4.78 is 13.6. The zero-order valence-corrected chi connectivity index (χ0v) is 9.20. The number of halogens is 1. The third kappa shape index (κ3) is 2.15. The van der Waals surface area contributed by atoms with Gasteiger partial charge in [-0.25, -0.2) is 14.5 Å². The van der Waals surface area contributed by atoms with Gasteiger partial charge < -0.3 is 5.73 Å². The van der Waals surface area contributed by atoms with Gasteiger partial charge in [0.2, 0.25) is 0 Å². The molecule has 0 aliphatic carbocycles. The standard InChI is InChI=1S/C11H11FN4O/c1-6-8(5-15-16-11(6)17)4-7-2-3-14-10(13)9(7)12/h2-3,5H,4H2,1H3,(H2,13,14)(H,16,17). The fourth-order valence-corrected chi connectivity index (χ4v) is 1.52. The molecule has 2 aromatic heterocycles. The summed E-state index contributed by atoms with van der Waals surface area (Å²) in [4.78, 5) is 15.0. The van der Waals surface area contributed by atoms with E-state index in [1.54, 1.807) is 6.92 Å². The van der Waals surface area contributed by atoms with E-state index in [0.717, 1.165) is 0 Å². The quantitative estimate of drug-likeness (QED) is 0.804. The number of anilines is 1. The summed E-state index contributed by atoms with van der Waals surface area (Å²) in [5.41, 5.74) is 6.68. The molecular formula is C11H11FN4O. The van der Waals surface area contributed by atoms with Gasteiger partial charge in [-0.3, -0.25) is 4.79 Å². The Morgan fingerprint density at radius 2 is 2.24 bits per heavy atom. The van der Waals surface area contributed by atoms with Crippen molar-refractivity contribution in [3.05, 3.63) is 51.3 Å². The molecule has 0 atom stereocenters. The highest BCUT2D eigenvalue weighted by Gasteiger charge is 2.10. The van der Waals surface area contributed by atoms with Crippen LogP contribution in [-0.2, 0) is 6.42 Å². The summed E-state index contributed by atoms with van der Waals surface area (Å²) in [7, 11) is 0. The summed E-state index contributed by atoms with van der Waals surface area (Å²) in [6.07, 6.45) is 3.21. The van der Waals surface area contributed by atoms with Crippen LogP contribution in [0.4, 0.5) is 10.2 Å². The Labute approximate surface area is 96.5 Å². The van der Waals surface area contributed by atoms with Gasteiger partial charge in [-0.2, -0.15) is 5.10 Å². The zero-order chi connectivity index (χ0) is 12.4. The lowest BCUT2D eigenvalue weighted by Crippen LogP contribution is -2.14. The molecule has 5 nitrogen and oxygen atoms in total. The number of nitrogens with one attached hydrogen (secondary N) is 1. The predicted octanol–water partition coefficient (Wildman–Crippen LogP) is 0.785. The van der Waals surface area contributed by atoms with Gasteiger partial charge in [-0.05, 0) is 24.1 Å². The number of aromatic nitrogens is 3.